The van der Waals surface area contributed by atoms with Crippen LogP contribution >= 0.6 is 0 Å². The molecule has 152 valence electrons. The second-order valence-electron chi connectivity index (χ2n) is 7.49. The summed E-state index contributed by atoms with van der Waals surface area (Å²) >= 11 is 0. The van der Waals surface area contributed by atoms with E-state index in [0.29, 0.717) is 34.7 Å². The third-order valence-corrected chi connectivity index (χ3v) is 5.73. The van der Waals surface area contributed by atoms with Gasteiger partial charge in [-0.2, -0.15) is 5.26 Å². The first-order chi connectivity index (χ1) is 14.5. The molecule has 4 rings (SSSR count). The number of carbonyl (C=O) groups excluding carboxylic acids is 1. The minimum absolute atomic E-state index is 0.0632. The van der Waals surface area contributed by atoms with Gasteiger partial charge in [-0.1, -0.05) is 30.3 Å². The lowest BCUT2D eigenvalue weighted by Gasteiger charge is -2.37. The molecule has 1 heterocycles. The van der Waals surface area contributed by atoms with Gasteiger partial charge in [-0.3, -0.25) is 4.79 Å². The van der Waals surface area contributed by atoms with Crippen LogP contribution < -0.4 is 10.5 Å². The first kappa shape index (κ1) is 19.7. The highest BCUT2D eigenvalue weighted by Gasteiger charge is 2.38. The van der Waals surface area contributed by atoms with E-state index in [0.717, 1.165) is 24.1 Å². The maximum Gasteiger partial charge on any atom is 0.161 e. The highest BCUT2D eigenvalue weighted by molar-refractivity contribution is 5.99. The highest BCUT2D eigenvalue weighted by atomic mass is 19.1. The Balaban J connectivity index is 1.63. The summed E-state index contributed by atoms with van der Waals surface area (Å²) < 4.78 is 19.5. The summed E-state index contributed by atoms with van der Waals surface area (Å²) in [4.78, 5) is 14.5. The standard InChI is InChI=1S/C24H22FN3O2/c1-28-20-7-4-8-21(29)23(20)22(18(13-26)24(28)27)15-9-11-17(12-10-15)30-14-16-5-2-3-6-19(16)25/h2-3,5-6,9-12,22H,4,7-8,14,27H2,1H3/t22-/m0/s1. The monoisotopic (exact) mass is 403 g/mol. The molecule has 0 spiro atoms. The molecule has 2 aliphatic rings. The number of allylic oxidation sites excluding steroid dienone is 3. The van der Waals surface area contributed by atoms with Crippen LogP contribution in [0, 0.1) is 17.1 Å². The van der Waals surface area contributed by atoms with E-state index in [9.17, 15) is 14.4 Å². The van der Waals surface area contributed by atoms with Gasteiger partial charge in [-0.15, -0.1) is 0 Å². The van der Waals surface area contributed by atoms with Gasteiger partial charge in [0.1, 0.15) is 24.0 Å². The van der Waals surface area contributed by atoms with Crippen molar-refractivity contribution in [3.8, 4) is 11.8 Å². The van der Waals surface area contributed by atoms with Crippen LogP contribution in [0.3, 0.4) is 0 Å². The van der Waals surface area contributed by atoms with E-state index in [2.05, 4.69) is 6.07 Å². The van der Waals surface area contributed by atoms with Crippen molar-refractivity contribution >= 4 is 5.78 Å². The smallest absolute Gasteiger partial charge is 0.161 e. The number of nitriles is 1. The normalized spacial score (nSPS) is 18.9. The van der Waals surface area contributed by atoms with Gasteiger partial charge in [0, 0.05) is 30.3 Å². The van der Waals surface area contributed by atoms with Gasteiger partial charge in [-0.05, 0) is 36.6 Å². The van der Waals surface area contributed by atoms with Gasteiger partial charge in [-0.25, -0.2) is 4.39 Å². The SMILES string of the molecule is CN1C(N)=C(C#N)[C@H](c2ccc(OCc3ccccc3F)cc2)C2=C1CCCC2=O. The van der Waals surface area contributed by atoms with E-state index >= 15 is 0 Å². The number of ketones is 1. The zero-order chi connectivity index (χ0) is 21.3. The Morgan fingerprint density at radius 1 is 1.20 bits per heavy atom. The van der Waals surface area contributed by atoms with Crippen LogP contribution in [0.5, 0.6) is 5.75 Å². The van der Waals surface area contributed by atoms with E-state index in [1.54, 1.807) is 42.3 Å². The average Bonchev–Trinajstić information content (AvgIpc) is 2.76. The van der Waals surface area contributed by atoms with Crippen molar-refractivity contribution in [2.75, 3.05) is 7.05 Å². The molecule has 0 fully saturated rings. The first-order valence-electron chi connectivity index (χ1n) is 9.87. The second-order valence-corrected chi connectivity index (χ2v) is 7.49. The Morgan fingerprint density at radius 2 is 1.93 bits per heavy atom. The average molecular weight is 403 g/mol. The molecule has 0 radical (unpaired) electrons. The molecule has 30 heavy (non-hydrogen) atoms. The maximum atomic E-state index is 13.8. The number of rotatable bonds is 4. The highest BCUT2D eigenvalue weighted by Crippen LogP contribution is 2.44. The fraction of sp³-hybridized carbons (Fsp3) is 0.250. The molecular formula is C24H22FN3O2. The van der Waals surface area contributed by atoms with Crippen molar-refractivity contribution in [3.63, 3.8) is 0 Å². The molecule has 2 aromatic carbocycles. The molecule has 0 saturated carbocycles. The van der Waals surface area contributed by atoms with E-state index in [4.69, 9.17) is 10.5 Å². The molecule has 6 heteroatoms. The molecule has 2 N–H and O–H groups in total. The molecule has 1 aliphatic heterocycles. The van der Waals surface area contributed by atoms with E-state index in [1.165, 1.54) is 6.07 Å². The molecule has 1 atom stereocenters. The summed E-state index contributed by atoms with van der Waals surface area (Å²) in [6.45, 7) is 0.115. The summed E-state index contributed by atoms with van der Waals surface area (Å²) in [6.07, 6.45) is 2.02. The van der Waals surface area contributed by atoms with Crippen LogP contribution in [0.1, 0.15) is 36.3 Å². The third kappa shape index (κ3) is 3.43. The minimum Gasteiger partial charge on any atom is -0.489 e. The lowest BCUT2D eigenvalue weighted by molar-refractivity contribution is -0.116. The van der Waals surface area contributed by atoms with Crippen molar-refractivity contribution in [1.82, 2.24) is 4.90 Å². The number of Topliss-reactive ketones (excluding diaryl/α,β-unsaturated/α-hetero) is 1. The zero-order valence-electron chi connectivity index (χ0n) is 16.7. The van der Waals surface area contributed by atoms with Crippen LogP contribution in [0.2, 0.25) is 0 Å². The second kappa shape index (κ2) is 8.03. The number of halogens is 1. The molecule has 5 nitrogen and oxygen atoms in total. The van der Waals surface area contributed by atoms with Crippen molar-refractivity contribution in [3.05, 3.63) is 88.1 Å². The predicted octanol–water partition coefficient (Wildman–Crippen LogP) is 4.13. The molecule has 2 aromatic rings. The lowest BCUT2D eigenvalue weighted by atomic mass is 9.76. The minimum atomic E-state index is -0.477. The number of nitrogens with zero attached hydrogens (tertiary/aromatic N) is 2. The van der Waals surface area contributed by atoms with Gasteiger partial charge in [0.25, 0.3) is 0 Å². The quantitative estimate of drug-likeness (QED) is 0.830. The van der Waals surface area contributed by atoms with E-state index in [1.807, 2.05) is 12.1 Å². The number of hydrogen-bond acceptors (Lipinski definition) is 5. The van der Waals surface area contributed by atoms with Gasteiger partial charge >= 0.3 is 0 Å². The predicted molar refractivity (Wildman–Crippen MR) is 110 cm³/mol. The topological polar surface area (TPSA) is 79.3 Å². The van der Waals surface area contributed by atoms with Crippen molar-refractivity contribution in [1.29, 1.82) is 5.26 Å². The fourth-order valence-electron chi connectivity index (χ4n) is 4.13. The van der Waals surface area contributed by atoms with Gasteiger partial charge in [0.15, 0.2) is 5.78 Å². The first-order valence-corrected chi connectivity index (χ1v) is 9.87. The van der Waals surface area contributed by atoms with Gasteiger partial charge in [0.2, 0.25) is 0 Å². The largest absolute Gasteiger partial charge is 0.489 e. The Kier molecular flexibility index (Phi) is 5.28. The maximum absolute atomic E-state index is 13.8. The third-order valence-electron chi connectivity index (χ3n) is 5.73. The number of nitrogens with two attached hydrogens (primary N) is 1. The van der Waals surface area contributed by atoms with Gasteiger partial charge < -0.3 is 15.4 Å². The molecule has 1 aliphatic carbocycles. The van der Waals surface area contributed by atoms with Crippen LogP contribution in [0.15, 0.2) is 71.2 Å². The Morgan fingerprint density at radius 3 is 2.63 bits per heavy atom. The molecule has 0 unspecified atom stereocenters. The number of benzene rings is 2. The Labute approximate surface area is 174 Å². The van der Waals surface area contributed by atoms with Crippen LogP contribution in [-0.4, -0.2) is 17.7 Å². The molecular weight excluding hydrogens is 381 g/mol. The summed E-state index contributed by atoms with van der Waals surface area (Å²) in [6, 6.07) is 15.9. The summed E-state index contributed by atoms with van der Waals surface area (Å²) in [5.41, 5.74) is 9.47. The summed E-state index contributed by atoms with van der Waals surface area (Å²) in [5.74, 6) is 0.239. The lowest BCUT2D eigenvalue weighted by Crippen LogP contribution is -2.36. The summed E-state index contributed by atoms with van der Waals surface area (Å²) in [5, 5.41) is 9.77. The molecule has 0 saturated heterocycles. The van der Waals surface area contributed by atoms with Crippen LogP contribution in [-0.2, 0) is 11.4 Å². The van der Waals surface area contributed by atoms with Crippen LogP contribution in [0.25, 0.3) is 0 Å². The number of hydrogen-bond donors (Lipinski definition) is 1. The fourth-order valence-corrected chi connectivity index (χ4v) is 4.13. The van der Waals surface area contributed by atoms with Crippen molar-refractivity contribution in [2.45, 2.75) is 31.8 Å². The zero-order valence-corrected chi connectivity index (χ0v) is 16.7. The van der Waals surface area contributed by atoms with Gasteiger partial charge in [0.05, 0.1) is 17.6 Å². The number of carbonyl (C=O) groups is 1. The van der Waals surface area contributed by atoms with E-state index < -0.39 is 5.92 Å². The van der Waals surface area contributed by atoms with Crippen molar-refractivity contribution in [2.24, 2.45) is 5.73 Å². The Hall–Kier alpha value is -3.59. The molecule has 0 bridgehead atoms. The number of ether oxygens (including phenoxy) is 1. The summed E-state index contributed by atoms with van der Waals surface area (Å²) in [7, 11) is 1.80. The van der Waals surface area contributed by atoms with E-state index in [-0.39, 0.29) is 18.2 Å². The van der Waals surface area contributed by atoms with Crippen LogP contribution in [0.4, 0.5) is 4.39 Å². The molecule has 0 aromatic heterocycles. The Bertz CT molecular complexity index is 1100. The van der Waals surface area contributed by atoms with Crippen molar-refractivity contribution < 1.29 is 13.9 Å². The molecule has 0 amide bonds.